The van der Waals surface area contributed by atoms with E-state index in [1.54, 1.807) is 0 Å². The average Bonchev–Trinajstić information content (AvgIpc) is 3.14. The molecule has 1 N–H and O–H groups in total. The van der Waals surface area contributed by atoms with Gasteiger partial charge < -0.3 is 15.1 Å². The average molecular weight is 406 g/mol. The van der Waals surface area contributed by atoms with Crippen LogP contribution in [0.4, 0.5) is 10.8 Å². The third kappa shape index (κ3) is 5.43. The van der Waals surface area contributed by atoms with Crippen LogP contribution in [0.25, 0.3) is 0 Å². The van der Waals surface area contributed by atoms with Crippen LogP contribution in [0, 0.1) is 0 Å². The Hall–Kier alpha value is -1.64. The number of thioether (sulfide) groups is 1. The van der Waals surface area contributed by atoms with Crippen molar-refractivity contribution in [2.24, 2.45) is 0 Å². The lowest BCUT2D eigenvalue weighted by Gasteiger charge is -2.35. The SMILES string of the molecule is CCc1ccc(Nc2nnc(S[C@@H](C)C(=O)N3CCN(CC)CC3)s2)cc1. The number of benzene rings is 1. The van der Waals surface area contributed by atoms with Gasteiger partial charge in [0.25, 0.3) is 0 Å². The van der Waals surface area contributed by atoms with Gasteiger partial charge in [0, 0.05) is 31.9 Å². The molecular formula is C19H27N5OS2. The number of aryl methyl sites for hydroxylation is 1. The zero-order chi connectivity index (χ0) is 19.2. The molecule has 1 fully saturated rings. The molecule has 1 amide bonds. The van der Waals surface area contributed by atoms with E-state index in [4.69, 9.17) is 0 Å². The predicted octanol–water partition coefficient (Wildman–Crippen LogP) is 3.49. The van der Waals surface area contributed by atoms with E-state index in [0.29, 0.717) is 0 Å². The van der Waals surface area contributed by atoms with Crippen LogP contribution >= 0.6 is 23.1 Å². The summed E-state index contributed by atoms with van der Waals surface area (Å²) in [4.78, 5) is 17.0. The number of aromatic nitrogens is 2. The molecule has 1 aromatic carbocycles. The van der Waals surface area contributed by atoms with E-state index in [9.17, 15) is 4.79 Å². The molecule has 3 rings (SSSR count). The monoisotopic (exact) mass is 405 g/mol. The van der Waals surface area contributed by atoms with Gasteiger partial charge in [0.2, 0.25) is 11.0 Å². The van der Waals surface area contributed by atoms with Crippen molar-refractivity contribution in [1.82, 2.24) is 20.0 Å². The number of likely N-dealkylation sites (N-methyl/N-ethyl adjacent to an activating group) is 1. The minimum Gasteiger partial charge on any atom is -0.339 e. The van der Waals surface area contributed by atoms with Crippen LogP contribution in [0.15, 0.2) is 28.6 Å². The summed E-state index contributed by atoms with van der Waals surface area (Å²) in [5.41, 5.74) is 2.30. The molecular weight excluding hydrogens is 378 g/mol. The highest BCUT2D eigenvalue weighted by Crippen LogP contribution is 2.31. The molecule has 0 unspecified atom stereocenters. The Morgan fingerprint density at radius 1 is 1.19 bits per heavy atom. The van der Waals surface area contributed by atoms with Gasteiger partial charge >= 0.3 is 0 Å². The van der Waals surface area contributed by atoms with Gasteiger partial charge in [-0.05, 0) is 37.6 Å². The van der Waals surface area contributed by atoms with Gasteiger partial charge in [-0.25, -0.2) is 0 Å². The second kappa shape index (κ2) is 9.52. The van der Waals surface area contributed by atoms with Crippen LogP contribution in [0.5, 0.6) is 0 Å². The maximum Gasteiger partial charge on any atom is 0.235 e. The van der Waals surface area contributed by atoms with Crippen LogP contribution in [-0.2, 0) is 11.2 Å². The minimum absolute atomic E-state index is 0.150. The van der Waals surface area contributed by atoms with Crippen molar-refractivity contribution in [3.8, 4) is 0 Å². The first-order chi connectivity index (χ1) is 13.1. The summed E-state index contributed by atoms with van der Waals surface area (Å²) in [5, 5.41) is 12.3. The van der Waals surface area contributed by atoms with Crippen LogP contribution in [0.1, 0.15) is 26.3 Å². The fraction of sp³-hybridized carbons (Fsp3) is 0.526. The second-order valence-electron chi connectivity index (χ2n) is 6.57. The number of nitrogens with one attached hydrogen (secondary N) is 1. The molecule has 0 aliphatic carbocycles. The van der Waals surface area contributed by atoms with Gasteiger partial charge in [-0.1, -0.05) is 49.1 Å². The Morgan fingerprint density at radius 3 is 2.52 bits per heavy atom. The molecule has 0 spiro atoms. The Balaban J connectivity index is 1.52. The van der Waals surface area contributed by atoms with Gasteiger partial charge in [-0.2, -0.15) is 0 Å². The predicted molar refractivity (Wildman–Crippen MR) is 113 cm³/mol. The van der Waals surface area contributed by atoms with Gasteiger partial charge in [0.05, 0.1) is 5.25 Å². The molecule has 1 aliphatic rings. The molecule has 1 saturated heterocycles. The fourth-order valence-corrected chi connectivity index (χ4v) is 5.00. The molecule has 0 radical (unpaired) electrons. The lowest BCUT2D eigenvalue weighted by molar-refractivity contribution is -0.132. The maximum absolute atomic E-state index is 12.7. The lowest BCUT2D eigenvalue weighted by atomic mass is 10.1. The van der Waals surface area contributed by atoms with E-state index in [1.165, 1.54) is 28.7 Å². The lowest BCUT2D eigenvalue weighted by Crippen LogP contribution is -2.50. The van der Waals surface area contributed by atoms with E-state index in [-0.39, 0.29) is 11.2 Å². The molecule has 6 nitrogen and oxygen atoms in total. The van der Waals surface area contributed by atoms with E-state index >= 15 is 0 Å². The number of carbonyl (C=O) groups is 1. The molecule has 0 bridgehead atoms. The van der Waals surface area contributed by atoms with Crippen LogP contribution in [0.2, 0.25) is 0 Å². The maximum atomic E-state index is 12.7. The number of nitrogens with zero attached hydrogens (tertiary/aromatic N) is 4. The molecule has 0 saturated carbocycles. The molecule has 1 atom stereocenters. The normalized spacial score (nSPS) is 16.3. The van der Waals surface area contributed by atoms with Crippen molar-refractivity contribution >= 4 is 39.8 Å². The summed E-state index contributed by atoms with van der Waals surface area (Å²) in [6.07, 6.45) is 1.03. The van der Waals surface area contributed by atoms with Crippen molar-refractivity contribution < 1.29 is 4.79 Å². The molecule has 2 heterocycles. The summed E-state index contributed by atoms with van der Waals surface area (Å²) in [6, 6.07) is 8.32. The van der Waals surface area contributed by atoms with Crippen molar-refractivity contribution in [3.63, 3.8) is 0 Å². The number of carbonyl (C=O) groups excluding carboxylic acids is 1. The Morgan fingerprint density at radius 2 is 1.89 bits per heavy atom. The van der Waals surface area contributed by atoms with Crippen LogP contribution < -0.4 is 5.32 Å². The number of anilines is 2. The summed E-state index contributed by atoms with van der Waals surface area (Å²) in [7, 11) is 0. The number of piperazine rings is 1. The molecule has 1 aromatic heterocycles. The summed E-state index contributed by atoms with van der Waals surface area (Å²) in [6.45, 7) is 10.9. The standard InChI is InChI=1S/C19H27N5OS2/c1-4-15-6-8-16(9-7-15)20-18-21-22-19(27-18)26-14(3)17(25)24-12-10-23(5-2)11-13-24/h6-9,14H,4-5,10-13H2,1-3H3,(H,20,21)/t14-/m0/s1. The molecule has 8 heteroatoms. The van der Waals surface area contributed by atoms with E-state index < -0.39 is 0 Å². The number of amides is 1. The first-order valence-corrected chi connectivity index (χ1v) is 11.2. The topological polar surface area (TPSA) is 61.4 Å². The van der Waals surface area contributed by atoms with E-state index in [1.807, 2.05) is 11.8 Å². The third-order valence-corrected chi connectivity index (χ3v) is 6.79. The molecule has 27 heavy (non-hydrogen) atoms. The first-order valence-electron chi connectivity index (χ1n) is 9.46. The van der Waals surface area contributed by atoms with Crippen molar-refractivity contribution in [2.75, 3.05) is 38.0 Å². The van der Waals surface area contributed by atoms with Crippen LogP contribution in [0.3, 0.4) is 0 Å². The van der Waals surface area contributed by atoms with Gasteiger partial charge in [0.1, 0.15) is 0 Å². The smallest absolute Gasteiger partial charge is 0.235 e. The van der Waals surface area contributed by atoms with Gasteiger partial charge in [-0.3, -0.25) is 4.79 Å². The molecule has 1 aliphatic heterocycles. The number of rotatable bonds is 7. The highest BCUT2D eigenvalue weighted by atomic mass is 32.2. The number of hydrogen-bond donors (Lipinski definition) is 1. The van der Waals surface area contributed by atoms with Crippen molar-refractivity contribution in [1.29, 1.82) is 0 Å². The zero-order valence-corrected chi connectivity index (χ0v) is 17.8. The fourth-order valence-electron chi connectivity index (χ4n) is 3.00. The zero-order valence-electron chi connectivity index (χ0n) is 16.1. The van der Waals surface area contributed by atoms with Crippen molar-refractivity contribution in [3.05, 3.63) is 29.8 Å². The quantitative estimate of drug-likeness (QED) is 0.712. The van der Waals surface area contributed by atoms with E-state index in [0.717, 1.165) is 54.3 Å². The van der Waals surface area contributed by atoms with Crippen LogP contribution in [-0.4, -0.2) is 63.9 Å². The molecule has 2 aromatic rings. The number of hydrogen-bond acceptors (Lipinski definition) is 7. The Bertz CT molecular complexity index is 741. The summed E-state index contributed by atoms with van der Waals surface area (Å²) >= 11 is 2.97. The minimum atomic E-state index is -0.150. The third-order valence-electron chi connectivity index (χ3n) is 4.78. The van der Waals surface area contributed by atoms with Crippen molar-refractivity contribution in [2.45, 2.75) is 36.8 Å². The summed E-state index contributed by atoms with van der Waals surface area (Å²) in [5.74, 6) is 0.190. The highest BCUT2D eigenvalue weighted by Gasteiger charge is 2.25. The highest BCUT2D eigenvalue weighted by molar-refractivity contribution is 8.02. The first kappa shape index (κ1) is 20.1. The Kier molecular flexibility index (Phi) is 7.09. The van der Waals surface area contributed by atoms with Gasteiger partial charge in [0.15, 0.2) is 4.34 Å². The second-order valence-corrected chi connectivity index (χ2v) is 9.13. The Labute approximate surface area is 169 Å². The van der Waals surface area contributed by atoms with Gasteiger partial charge in [-0.15, -0.1) is 10.2 Å². The molecule has 146 valence electrons. The summed E-state index contributed by atoms with van der Waals surface area (Å²) < 4.78 is 0.815. The largest absolute Gasteiger partial charge is 0.339 e. The van der Waals surface area contributed by atoms with E-state index in [2.05, 4.69) is 58.5 Å².